The molecule has 0 amide bonds. The molecule has 1 aliphatic rings. The molecule has 0 spiro atoms. The molecule has 1 aliphatic heterocycles. The second kappa shape index (κ2) is 5.29. The molecule has 0 saturated carbocycles. The quantitative estimate of drug-likeness (QED) is 0.387. The number of esters is 3. The van der Waals surface area contributed by atoms with E-state index in [4.69, 9.17) is 4.74 Å². The van der Waals surface area contributed by atoms with Crippen LogP contribution in [0.1, 0.15) is 19.8 Å². The number of hydrogen-bond donors (Lipinski definition) is 0. The maximum Gasteiger partial charge on any atom is 0.330 e. The zero-order chi connectivity index (χ0) is 11.3. The Morgan fingerprint density at radius 3 is 2.87 bits per heavy atom. The maximum atomic E-state index is 11.0. The van der Waals surface area contributed by atoms with Crippen molar-refractivity contribution in [1.29, 1.82) is 0 Å². The van der Waals surface area contributed by atoms with E-state index < -0.39 is 23.8 Å². The van der Waals surface area contributed by atoms with E-state index in [-0.39, 0.29) is 13.0 Å². The fourth-order valence-electron chi connectivity index (χ4n) is 1.09. The van der Waals surface area contributed by atoms with Crippen LogP contribution in [0.5, 0.6) is 0 Å². The first kappa shape index (κ1) is 11.4. The van der Waals surface area contributed by atoms with E-state index >= 15 is 0 Å². The number of hydrogen-bond acceptors (Lipinski definition) is 5. The average molecular weight is 212 g/mol. The predicted octanol–water partition coefficient (Wildman–Crippen LogP) is 0.585. The summed E-state index contributed by atoms with van der Waals surface area (Å²) in [4.78, 5) is 32.6. The van der Waals surface area contributed by atoms with E-state index in [1.807, 2.05) is 6.92 Å². The van der Waals surface area contributed by atoms with Crippen LogP contribution in [0.25, 0.3) is 0 Å². The number of carbonyl (C=O) groups excluding carboxylic acids is 3. The van der Waals surface area contributed by atoms with Gasteiger partial charge in [-0.15, -0.1) is 0 Å². The normalized spacial score (nSPS) is 20.7. The number of allylic oxidation sites excluding steroid dienone is 1. The van der Waals surface area contributed by atoms with Crippen molar-refractivity contribution < 1.29 is 23.9 Å². The van der Waals surface area contributed by atoms with Crippen LogP contribution in [0, 0.1) is 5.92 Å². The number of carbonyl (C=O) groups is 3. The van der Waals surface area contributed by atoms with Gasteiger partial charge in [0.05, 0.1) is 6.42 Å². The van der Waals surface area contributed by atoms with Crippen molar-refractivity contribution in [2.24, 2.45) is 5.92 Å². The maximum absolute atomic E-state index is 11.0. The van der Waals surface area contributed by atoms with Crippen LogP contribution in [0.4, 0.5) is 0 Å². The van der Waals surface area contributed by atoms with Gasteiger partial charge in [-0.3, -0.25) is 9.59 Å². The highest BCUT2D eigenvalue weighted by atomic mass is 16.6. The summed E-state index contributed by atoms with van der Waals surface area (Å²) in [6.07, 6.45) is 3.67. The molecule has 5 heteroatoms. The lowest BCUT2D eigenvalue weighted by atomic mass is 10.1. The molecule has 1 saturated heterocycles. The van der Waals surface area contributed by atoms with Crippen LogP contribution in [0.15, 0.2) is 12.2 Å². The predicted molar refractivity (Wildman–Crippen MR) is 49.6 cm³/mol. The van der Waals surface area contributed by atoms with E-state index in [1.165, 1.54) is 6.08 Å². The van der Waals surface area contributed by atoms with Gasteiger partial charge in [-0.1, -0.05) is 13.0 Å². The van der Waals surface area contributed by atoms with Crippen molar-refractivity contribution >= 4 is 17.9 Å². The highest BCUT2D eigenvalue weighted by Gasteiger charge is 2.34. The minimum absolute atomic E-state index is 0.0103. The summed E-state index contributed by atoms with van der Waals surface area (Å²) in [5, 5.41) is 0. The number of cyclic esters (lactones) is 2. The fraction of sp³-hybridized carbons (Fsp3) is 0.500. The summed E-state index contributed by atoms with van der Waals surface area (Å²) >= 11 is 0. The van der Waals surface area contributed by atoms with Gasteiger partial charge in [-0.05, 0) is 6.42 Å². The molecule has 0 bridgehead atoms. The Kier molecular flexibility index (Phi) is 4.03. The van der Waals surface area contributed by atoms with Crippen LogP contribution in [-0.2, 0) is 23.9 Å². The molecule has 1 fully saturated rings. The van der Waals surface area contributed by atoms with Gasteiger partial charge < -0.3 is 9.47 Å². The van der Waals surface area contributed by atoms with E-state index in [0.717, 1.165) is 6.42 Å². The van der Waals surface area contributed by atoms with Crippen molar-refractivity contribution in [3.8, 4) is 0 Å². The molecule has 0 N–H and O–H groups in total. The van der Waals surface area contributed by atoms with Gasteiger partial charge in [0.2, 0.25) is 0 Å². The van der Waals surface area contributed by atoms with Crippen molar-refractivity contribution in [2.45, 2.75) is 19.8 Å². The summed E-state index contributed by atoms with van der Waals surface area (Å²) in [7, 11) is 0. The van der Waals surface area contributed by atoms with Gasteiger partial charge >= 0.3 is 17.9 Å². The Bertz CT molecular complexity index is 305. The topological polar surface area (TPSA) is 69.7 Å². The minimum atomic E-state index is -0.642. The van der Waals surface area contributed by atoms with Gasteiger partial charge in [0.25, 0.3) is 0 Å². The van der Waals surface area contributed by atoms with Crippen molar-refractivity contribution in [3.05, 3.63) is 12.2 Å². The Morgan fingerprint density at radius 2 is 2.33 bits per heavy atom. The molecule has 5 nitrogen and oxygen atoms in total. The highest BCUT2D eigenvalue weighted by molar-refractivity contribution is 5.94. The summed E-state index contributed by atoms with van der Waals surface area (Å²) in [5.74, 6) is -2.34. The summed E-state index contributed by atoms with van der Waals surface area (Å²) < 4.78 is 9.07. The molecule has 0 aromatic rings. The van der Waals surface area contributed by atoms with Gasteiger partial charge in [0.15, 0.2) is 0 Å². The first-order valence-electron chi connectivity index (χ1n) is 4.71. The smallest absolute Gasteiger partial charge is 0.330 e. The lowest BCUT2D eigenvalue weighted by Crippen LogP contribution is -2.16. The SMILES string of the molecule is CCC=CC(=O)OCC1CC(=O)OC1=O. The molecular formula is C10H12O5. The zero-order valence-electron chi connectivity index (χ0n) is 8.39. The van der Waals surface area contributed by atoms with Gasteiger partial charge in [-0.25, -0.2) is 4.79 Å². The molecule has 0 aliphatic carbocycles. The van der Waals surface area contributed by atoms with E-state index in [0.29, 0.717) is 0 Å². The Labute approximate surface area is 87.0 Å². The second-order valence-corrected chi connectivity index (χ2v) is 3.13. The lowest BCUT2D eigenvalue weighted by molar-refractivity contribution is -0.153. The van der Waals surface area contributed by atoms with Crippen molar-refractivity contribution in [3.63, 3.8) is 0 Å². The second-order valence-electron chi connectivity index (χ2n) is 3.13. The zero-order valence-corrected chi connectivity index (χ0v) is 8.39. The highest BCUT2D eigenvalue weighted by Crippen LogP contribution is 2.15. The lowest BCUT2D eigenvalue weighted by Gasteiger charge is -2.03. The first-order valence-corrected chi connectivity index (χ1v) is 4.71. The molecular weight excluding hydrogens is 200 g/mol. The summed E-state index contributed by atoms with van der Waals surface area (Å²) in [6, 6.07) is 0. The minimum Gasteiger partial charge on any atom is -0.462 e. The van der Waals surface area contributed by atoms with Crippen LogP contribution in [0.3, 0.4) is 0 Å². The third kappa shape index (κ3) is 3.53. The average Bonchev–Trinajstić information content (AvgIpc) is 2.51. The van der Waals surface area contributed by atoms with Crippen LogP contribution >= 0.6 is 0 Å². The Hall–Kier alpha value is -1.65. The largest absolute Gasteiger partial charge is 0.462 e. The molecule has 1 unspecified atom stereocenters. The molecule has 0 radical (unpaired) electrons. The third-order valence-corrected chi connectivity index (χ3v) is 1.88. The molecule has 1 heterocycles. The molecule has 0 aromatic heterocycles. The molecule has 82 valence electrons. The van der Waals surface area contributed by atoms with E-state index in [1.54, 1.807) is 6.08 Å². The van der Waals surface area contributed by atoms with Gasteiger partial charge in [-0.2, -0.15) is 0 Å². The van der Waals surface area contributed by atoms with Crippen LogP contribution in [0.2, 0.25) is 0 Å². The van der Waals surface area contributed by atoms with Crippen LogP contribution < -0.4 is 0 Å². The molecule has 1 rings (SSSR count). The molecule has 0 aromatic carbocycles. The monoisotopic (exact) mass is 212 g/mol. The van der Waals surface area contributed by atoms with Gasteiger partial charge in [0, 0.05) is 6.08 Å². The first-order chi connectivity index (χ1) is 7.13. The standard InChI is InChI=1S/C10H12O5/c1-2-3-4-8(11)14-6-7-5-9(12)15-10(7)13/h3-4,7H,2,5-6H2,1H3. The Morgan fingerprint density at radius 1 is 1.60 bits per heavy atom. The number of rotatable bonds is 4. The summed E-state index contributed by atoms with van der Waals surface area (Å²) in [6.45, 7) is 1.79. The summed E-state index contributed by atoms with van der Waals surface area (Å²) in [5.41, 5.74) is 0. The fourth-order valence-corrected chi connectivity index (χ4v) is 1.09. The van der Waals surface area contributed by atoms with Crippen molar-refractivity contribution in [2.75, 3.05) is 6.61 Å². The molecule has 1 atom stereocenters. The molecule has 15 heavy (non-hydrogen) atoms. The van der Waals surface area contributed by atoms with E-state index in [2.05, 4.69) is 4.74 Å². The van der Waals surface area contributed by atoms with Crippen LogP contribution in [-0.4, -0.2) is 24.5 Å². The van der Waals surface area contributed by atoms with Gasteiger partial charge in [0.1, 0.15) is 12.5 Å². The third-order valence-electron chi connectivity index (χ3n) is 1.88. The Balaban J connectivity index is 2.31. The van der Waals surface area contributed by atoms with Crippen molar-refractivity contribution in [1.82, 2.24) is 0 Å². The van der Waals surface area contributed by atoms with E-state index in [9.17, 15) is 14.4 Å². The number of ether oxygens (including phenoxy) is 2.